The monoisotopic (exact) mass is 410 g/mol. The number of nitrogens with two attached hydrogens (primary N) is 1. The van der Waals surface area contributed by atoms with Gasteiger partial charge >= 0.3 is 0 Å². The molecular formula is C20H24Cl2N2OS. The zero-order valence-electron chi connectivity index (χ0n) is 14.5. The minimum atomic E-state index is 0. The van der Waals surface area contributed by atoms with Crippen LogP contribution in [0.4, 0.5) is 0 Å². The third-order valence-corrected chi connectivity index (χ3v) is 6.08. The van der Waals surface area contributed by atoms with E-state index < -0.39 is 0 Å². The molecule has 1 heterocycles. The van der Waals surface area contributed by atoms with E-state index in [1.165, 1.54) is 5.56 Å². The van der Waals surface area contributed by atoms with Crippen LogP contribution in [0.2, 0.25) is 5.02 Å². The van der Waals surface area contributed by atoms with Crippen molar-refractivity contribution >= 4 is 41.7 Å². The first-order valence-corrected chi connectivity index (χ1v) is 10.0. The molecule has 3 nitrogen and oxygen atoms in total. The number of carbonyl (C=O) groups excluding carboxylic acids is 1. The van der Waals surface area contributed by atoms with Crippen LogP contribution in [0, 0.1) is 0 Å². The maximum atomic E-state index is 12.6. The second kappa shape index (κ2) is 10.2. The Hall–Kier alpha value is -1.20. The fourth-order valence-corrected chi connectivity index (χ4v) is 4.36. The summed E-state index contributed by atoms with van der Waals surface area (Å²) in [6, 6.07) is 18.4. The average Bonchev–Trinajstić information content (AvgIpc) is 2.64. The molecule has 0 spiro atoms. The Balaban J connectivity index is 0.00000243. The maximum Gasteiger partial charge on any atom is 0.232 e. The second-order valence-corrected chi connectivity index (χ2v) is 7.90. The van der Waals surface area contributed by atoms with Gasteiger partial charge in [0.05, 0.1) is 11.0 Å². The summed E-state index contributed by atoms with van der Waals surface area (Å²) in [4.78, 5) is 14.5. The van der Waals surface area contributed by atoms with Crippen molar-refractivity contribution in [1.29, 1.82) is 0 Å². The van der Waals surface area contributed by atoms with Gasteiger partial charge in [0.2, 0.25) is 5.91 Å². The molecule has 0 bridgehead atoms. The van der Waals surface area contributed by atoms with E-state index in [1.54, 1.807) is 11.8 Å². The summed E-state index contributed by atoms with van der Waals surface area (Å²) in [5.41, 5.74) is 8.29. The van der Waals surface area contributed by atoms with Crippen molar-refractivity contribution in [3.05, 3.63) is 70.7 Å². The summed E-state index contributed by atoms with van der Waals surface area (Å²) in [5.74, 6) is 0.670. The standard InChI is InChI=1S/C20H23ClN2OS.ClH/c21-17-8-6-16(7-9-17)20(15-4-2-1-3-5-15)25-14-19(24)23-12-10-18(22)11-13-23;/h1-9,18,20H,10-14,22H2;1H. The molecule has 2 aromatic carbocycles. The number of hydrogen-bond donors (Lipinski definition) is 1. The van der Waals surface area contributed by atoms with Gasteiger partial charge in [0.1, 0.15) is 0 Å². The lowest BCUT2D eigenvalue weighted by Crippen LogP contribution is -2.43. The van der Waals surface area contributed by atoms with Gasteiger partial charge in [-0.3, -0.25) is 4.79 Å². The van der Waals surface area contributed by atoms with Crippen LogP contribution in [0.15, 0.2) is 54.6 Å². The van der Waals surface area contributed by atoms with Crippen LogP contribution in [-0.2, 0) is 4.79 Å². The van der Waals surface area contributed by atoms with Gasteiger partial charge in [-0.15, -0.1) is 24.2 Å². The number of carbonyl (C=O) groups is 1. The molecule has 1 fully saturated rings. The molecule has 1 unspecified atom stereocenters. The van der Waals surface area contributed by atoms with Gasteiger partial charge < -0.3 is 10.6 Å². The molecule has 3 rings (SSSR count). The highest BCUT2D eigenvalue weighted by atomic mass is 35.5. The van der Waals surface area contributed by atoms with Gasteiger partial charge in [-0.25, -0.2) is 0 Å². The SMILES string of the molecule is Cl.NC1CCN(C(=O)CSC(c2ccccc2)c2ccc(Cl)cc2)CC1. The quantitative estimate of drug-likeness (QED) is 0.786. The number of hydrogen-bond acceptors (Lipinski definition) is 3. The number of amides is 1. The van der Waals surface area contributed by atoms with Crippen LogP contribution < -0.4 is 5.73 Å². The van der Waals surface area contributed by atoms with E-state index >= 15 is 0 Å². The lowest BCUT2D eigenvalue weighted by molar-refractivity contribution is -0.129. The van der Waals surface area contributed by atoms with Crippen LogP contribution in [0.25, 0.3) is 0 Å². The topological polar surface area (TPSA) is 46.3 Å². The summed E-state index contributed by atoms with van der Waals surface area (Å²) in [5, 5.41) is 0.843. The minimum Gasteiger partial charge on any atom is -0.342 e. The van der Waals surface area contributed by atoms with E-state index in [0.717, 1.165) is 36.5 Å². The van der Waals surface area contributed by atoms with E-state index in [2.05, 4.69) is 12.1 Å². The summed E-state index contributed by atoms with van der Waals surface area (Å²) in [6.45, 7) is 1.55. The van der Waals surface area contributed by atoms with E-state index in [9.17, 15) is 4.79 Å². The number of thioether (sulfide) groups is 1. The fraction of sp³-hybridized carbons (Fsp3) is 0.350. The molecule has 26 heavy (non-hydrogen) atoms. The Morgan fingerprint density at radius 3 is 2.27 bits per heavy atom. The Morgan fingerprint density at radius 2 is 1.65 bits per heavy atom. The predicted molar refractivity (Wildman–Crippen MR) is 113 cm³/mol. The Labute approximate surface area is 170 Å². The van der Waals surface area contributed by atoms with Crippen molar-refractivity contribution in [2.75, 3.05) is 18.8 Å². The van der Waals surface area contributed by atoms with Gasteiger partial charge in [0, 0.05) is 24.2 Å². The van der Waals surface area contributed by atoms with Crippen LogP contribution in [0.3, 0.4) is 0 Å². The fourth-order valence-electron chi connectivity index (χ4n) is 3.05. The third-order valence-electron chi connectivity index (χ3n) is 4.54. The molecule has 1 saturated heterocycles. The summed E-state index contributed by atoms with van der Waals surface area (Å²) >= 11 is 7.70. The number of nitrogens with zero attached hydrogens (tertiary/aromatic N) is 1. The van der Waals surface area contributed by atoms with Crippen LogP contribution in [0.1, 0.15) is 29.2 Å². The van der Waals surface area contributed by atoms with Crippen LogP contribution >= 0.6 is 35.8 Å². The van der Waals surface area contributed by atoms with Gasteiger partial charge in [0.25, 0.3) is 0 Å². The average molecular weight is 411 g/mol. The largest absolute Gasteiger partial charge is 0.342 e. The van der Waals surface area contributed by atoms with Crippen molar-refractivity contribution in [3.8, 4) is 0 Å². The number of likely N-dealkylation sites (tertiary alicyclic amines) is 1. The summed E-state index contributed by atoms with van der Waals surface area (Å²) in [6.07, 6.45) is 1.80. The molecule has 0 saturated carbocycles. The lowest BCUT2D eigenvalue weighted by Gasteiger charge is -2.30. The molecule has 140 valence electrons. The van der Waals surface area contributed by atoms with Crippen molar-refractivity contribution in [1.82, 2.24) is 4.90 Å². The molecule has 0 aromatic heterocycles. The molecule has 6 heteroatoms. The molecular weight excluding hydrogens is 387 g/mol. The van der Waals surface area contributed by atoms with Crippen molar-refractivity contribution < 1.29 is 4.79 Å². The molecule has 0 aliphatic carbocycles. The van der Waals surface area contributed by atoms with E-state index in [1.807, 2.05) is 47.4 Å². The smallest absolute Gasteiger partial charge is 0.232 e. The normalized spacial score (nSPS) is 16.0. The molecule has 1 atom stereocenters. The predicted octanol–water partition coefficient (Wildman–Crippen LogP) is 4.53. The molecule has 1 aliphatic heterocycles. The second-order valence-electron chi connectivity index (χ2n) is 6.37. The van der Waals surface area contributed by atoms with Crippen molar-refractivity contribution in [2.45, 2.75) is 24.1 Å². The lowest BCUT2D eigenvalue weighted by atomic mass is 10.0. The van der Waals surface area contributed by atoms with Gasteiger partial charge in [-0.2, -0.15) is 0 Å². The van der Waals surface area contributed by atoms with Crippen molar-refractivity contribution in [3.63, 3.8) is 0 Å². The van der Waals surface area contributed by atoms with Crippen LogP contribution in [0.5, 0.6) is 0 Å². The Morgan fingerprint density at radius 1 is 1.08 bits per heavy atom. The maximum absolute atomic E-state index is 12.6. The Bertz CT molecular complexity index is 689. The first kappa shape index (κ1) is 21.1. The molecule has 2 N–H and O–H groups in total. The minimum absolute atomic E-state index is 0. The van der Waals surface area contributed by atoms with E-state index in [-0.39, 0.29) is 29.6 Å². The van der Waals surface area contributed by atoms with Gasteiger partial charge in [0.15, 0.2) is 0 Å². The molecule has 1 amide bonds. The number of rotatable bonds is 5. The first-order valence-electron chi connectivity index (χ1n) is 8.59. The molecule has 1 aliphatic rings. The van der Waals surface area contributed by atoms with Crippen LogP contribution in [-0.4, -0.2) is 35.7 Å². The highest BCUT2D eigenvalue weighted by molar-refractivity contribution is 8.00. The highest BCUT2D eigenvalue weighted by Crippen LogP contribution is 2.36. The number of benzene rings is 2. The zero-order valence-corrected chi connectivity index (χ0v) is 16.9. The van der Waals surface area contributed by atoms with E-state index in [0.29, 0.717) is 5.75 Å². The van der Waals surface area contributed by atoms with Gasteiger partial charge in [-0.05, 0) is 36.1 Å². The summed E-state index contributed by atoms with van der Waals surface area (Å²) < 4.78 is 0. The highest BCUT2D eigenvalue weighted by Gasteiger charge is 2.22. The summed E-state index contributed by atoms with van der Waals surface area (Å²) in [7, 11) is 0. The first-order chi connectivity index (χ1) is 12.1. The van der Waals surface area contributed by atoms with E-state index in [4.69, 9.17) is 17.3 Å². The Kier molecular flexibility index (Phi) is 8.29. The molecule has 0 radical (unpaired) electrons. The number of piperidine rings is 1. The van der Waals surface area contributed by atoms with Gasteiger partial charge in [-0.1, -0.05) is 54.1 Å². The zero-order chi connectivity index (χ0) is 17.6. The molecule has 2 aromatic rings. The third kappa shape index (κ3) is 5.65. The number of halogens is 2. The van der Waals surface area contributed by atoms with Crippen molar-refractivity contribution in [2.24, 2.45) is 5.73 Å².